The highest BCUT2D eigenvalue weighted by Crippen LogP contribution is 2.53. The zero-order chi connectivity index (χ0) is 15.0. The number of rotatable bonds is 2. The van der Waals surface area contributed by atoms with Gasteiger partial charge >= 0.3 is 0 Å². The van der Waals surface area contributed by atoms with E-state index in [1.54, 1.807) is 57.8 Å². The number of piperazine rings is 1. The summed E-state index contributed by atoms with van der Waals surface area (Å²) in [5.41, 5.74) is 0. The average Bonchev–Trinajstić information content (AvgIpc) is 3.17. The first kappa shape index (κ1) is 14.1. The maximum absolute atomic E-state index is 2.06. The van der Waals surface area contributed by atoms with Crippen LogP contribution < -0.4 is 9.80 Å². The predicted molar refractivity (Wildman–Crippen MR) is 91.5 cm³/mol. The third-order valence-corrected chi connectivity index (χ3v) is 9.50. The van der Waals surface area contributed by atoms with Gasteiger partial charge < -0.3 is 9.80 Å². The van der Waals surface area contributed by atoms with Gasteiger partial charge in [-0.2, -0.15) is 0 Å². The minimum Gasteiger partial charge on any atom is -0.323 e. The van der Waals surface area contributed by atoms with Gasteiger partial charge in [0, 0.05) is 24.2 Å². The van der Waals surface area contributed by atoms with Gasteiger partial charge in [0.2, 0.25) is 0 Å². The molecule has 23 heavy (non-hydrogen) atoms. The van der Waals surface area contributed by atoms with Crippen molar-refractivity contribution in [3.8, 4) is 0 Å². The number of fused-ring (bicyclic) bond motifs is 2. The van der Waals surface area contributed by atoms with Crippen molar-refractivity contribution < 1.29 is 9.80 Å². The van der Waals surface area contributed by atoms with Crippen LogP contribution in [0.3, 0.4) is 0 Å². The Morgan fingerprint density at radius 1 is 0.478 bits per heavy atom. The topological polar surface area (TPSA) is 8.88 Å². The molecule has 3 atom stereocenters. The fraction of sp³-hybridized carbons (Fsp3) is 1.00. The van der Waals surface area contributed by atoms with E-state index in [0.29, 0.717) is 0 Å². The van der Waals surface area contributed by atoms with Crippen molar-refractivity contribution in [1.82, 2.24) is 0 Å². The Labute approximate surface area is 142 Å². The quantitative estimate of drug-likeness (QED) is 0.745. The zero-order valence-corrected chi connectivity index (χ0v) is 14.8. The van der Waals surface area contributed by atoms with Crippen LogP contribution in [0, 0.1) is 35.5 Å². The fourth-order valence-corrected chi connectivity index (χ4v) is 8.93. The summed E-state index contributed by atoms with van der Waals surface area (Å²) in [4.78, 5) is 4.09. The summed E-state index contributed by atoms with van der Waals surface area (Å²) < 4.78 is 0. The van der Waals surface area contributed by atoms with Crippen LogP contribution in [-0.4, -0.2) is 38.3 Å². The summed E-state index contributed by atoms with van der Waals surface area (Å²) in [7, 11) is 0. The maximum Gasteiger partial charge on any atom is 0.127 e. The summed E-state index contributed by atoms with van der Waals surface area (Å²) in [6, 6.07) is 2.16. The first-order chi connectivity index (χ1) is 11.3. The third-order valence-electron chi connectivity index (χ3n) is 9.50. The van der Waals surface area contributed by atoms with Crippen LogP contribution in [0.25, 0.3) is 0 Å². The molecule has 0 aromatic carbocycles. The van der Waals surface area contributed by atoms with E-state index in [4.69, 9.17) is 0 Å². The molecular weight excluding hydrogens is 280 g/mol. The van der Waals surface area contributed by atoms with Gasteiger partial charge in [-0.1, -0.05) is 0 Å². The van der Waals surface area contributed by atoms with E-state index in [9.17, 15) is 0 Å². The van der Waals surface area contributed by atoms with E-state index in [0.717, 1.165) is 47.6 Å². The second-order valence-electron chi connectivity index (χ2n) is 10.6. The first-order valence-corrected chi connectivity index (χ1v) is 11.0. The van der Waals surface area contributed by atoms with E-state index in [-0.39, 0.29) is 0 Å². The lowest BCUT2D eigenvalue weighted by atomic mass is 9.54. The zero-order valence-electron chi connectivity index (χ0n) is 14.8. The van der Waals surface area contributed by atoms with Crippen molar-refractivity contribution in [1.29, 1.82) is 0 Å². The molecule has 0 unspecified atom stereocenters. The van der Waals surface area contributed by atoms with Gasteiger partial charge in [0.1, 0.15) is 26.2 Å². The van der Waals surface area contributed by atoms with E-state index < -0.39 is 0 Å². The number of nitrogens with one attached hydrogen (secondary N) is 2. The molecule has 2 N–H and O–H groups in total. The van der Waals surface area contributed by atoms with Crippen LogP contribution in [0.1, 0.15) is 57.8 Å². The molecule has 6 saturated carbocycles. The molecule has 0 amide bonds. The minimum atomic E-state index is 1.08. The highest BCUT2D eigenvalue weighted by atomic mass is 15.3. The van der Waals surface area contributed by atoms with Gasteiger partial charge in [0.05, 0.1) is 12.1 Å². The molecule has 1 heterocycles. The standard InChI is InChI=1S/C21H34N2/c1-2-17-8-14(1)13-20(17)22-3-5-23(6-4-22)21-18-9-15-7-16(11-18)12-19(21)10-15/h14-21H,1-13H2/p+2/t14-,15?,16?,17+,18?,19?,20-,21?/m0/s1. The minimum absolute atomic E-state index is 1.08. The van der Waals surface area contributed by atoms with Crippen LogP contribution in [0.5, 0.6) is 0 Å². The monoisotopic (exact) mass is 316 g/mol. The van der Waals surface area contributed by atoms with Crippen LogP contribution >= 0.6 is 0 Å². The molecule has 7 aliphatic rings. The lowest BCUT2D eigenvalue weighted by Crippen LogP contribution is -3.32. The van der Waals surface area contributed by atoms with E-state index in [1.807, 2.05) is 4.90 Å². The Morgan fingerprint density at radius 3 is 1.65 bits per heavy atom. The van der Waals surface area contributed by atoms with Crippen LogP contribution in [0.4, 0.5) is 0 Å². The molecule has 1 saturated heterocycles. The van der Waals surface area contributed by atoms with E-state index in [2.05, 4.69) is 4.90 Å². The predicted octanol–water partition coefficient (Wildman–Crippen LogP) is 0.783. The van der Waals surface area contributed by atoms with Crippen molar-refractivity contribution in [3.05, 3.63) is 0 Å². The third kappa shape index (κ3) is 2.20. The van der Waals surface area contributed by atoms with E-state index in [1.165, 1.54) is 26.2 Å². The Bertz CT molecular complexity index is 438. The molecule has 1 aliphatic heterocycles. The molecule has 7 fully saturated rings. The number of hydrogen-bond donors (Lipinski definition) is 2. The average molecular weight is 317 g/mol. The molecule has 0 aromatic rings. The molecule has 6 bridgehead atoms. The van der Waals surface area contributed by atoms with Gasteiger partial charge in [-0.3, -0.25) is 0 Å². The largest absolute Gasteiger partial charge is 0.323 e. The van der Waals surface area contributed by atoms with Crippen molar-refractivity contribution in [3.63, 3.8) is 0 Å². The highest BCUT2D eigenvalue weighted by molar-refractivity contribution is 4.98. The SMILES string of the molecule is C1C2CC3CC1CC(C2)C3[NH+]1CC[NH+]([C@H]2C[C@H]3CC[C@@H]2C3)CC1. The first-order valence-electron chi connectivity index (χ1n) is 11.0. The van der Waals surface area contributed by atoms with E-state index >= 15 is 0 Å². The second-order valence-corrected chi connectivity index (χ2v) is 10.6. The van der Waals surface area contributed by atoms with Crippen LogP contribution in [-0.2, 0) is 0 Å². The van der Waals surface area contributed by atoms with Crippen molar-refractivity contribution in [2.24, 2.45) is 35.5 Å². The highest BCUT2D eigenvalue weighted by Gasteiger charge is 2.53. The van der Waals surface area contributed by atoms with Gasteiger partial charge in [-0.25, -0.2) is 0 Å². The molecule has 0 spiro atoms. The summed E-state index contributed by atoms with van der Waals surface area (Å²) in [5, 5.41) is 0. The fourth-order valence-electron chi connectivity index (χ4n) is 8.93. The number of hydrogen-bond acceptors (Lipinski definition) is 0. The lowest BCUT2D eigenvalue weighted by Gasteiger charge is -2.56. The lowest BCUT2D eigenvalue weighted by molar-refractivity contribution is -1.04. The van der Waals surface area contributed by atoms with Gasteiger partial charge in [-0.05, 0) is 69.1 Å². The molecule has 2 heteroatoms. The molecule has 2 nitrogen and oxygen atoms in total. The smallest absolute Gasteiger partial charge is 0.127 e. The molecule has 0 aromatic heterocycles. The summed E-state index contributed by atoms with van der Waals surface area (Å²) in [6.45, 7) is 6.03. The van der Waals surface area contributed by atoms with Gasteiger partial charge in [0.25, 0.3) is 0 Å². The summed E-state index contributed by atoms with van der Waals surface area (Å²) >= 11 is 0. The molecule has 0 radical (unpaired) electrons. The Morgan fingerprint density at radius 2 is 1.09 bits per heavy atom. The second kappa shape index (κ2) is 5.21. The van der Waals surface area contributed by atoms with Crippen molar-refractivity contribution in [2.75, 3.05) is 26.2 Å². The van der Waals surface area contributed by atoms with Gasteiger partial charge in [0.15, 0.2) is 0 Å². The maximum atomic E-state index is 2.06. The van der Waals surface area contributed by atoms with Crippen LogP contribution in [0.15, 0.2) is 0 Å². The normalized spacial score (nSPS) is 60.5. The summed E-state index contributed by atoms with van der Waals surface area (Å²) in [5.74, 6) is 6.81. The Balaban J connectivity index is 1.11. The van der Waals surface area contributed by atoms with Crippen LogP contribution in [0.2, 0.25) is 0 Å². The van der Waals surface area contributed by atoms with Crippen molar-refractivity contribution in [2.45, 2.75) is 69.9 Å². The van der Waals surface area contributed by atoms with Crippen molar-refractivity contribution >= 4 is 0 Å². The Hall–Kier alpha value is -0.0800. The molecule has 6 aliphatic carbocycles. The Kier molecular flexibility index (Phi) is 3.20. The van der Waals surface area contributed by atoms with Gasteiger partial charge in [-0.15, -0.1) is 0 Å². The molecule has 7 rings (SSSR count). The summed E-state index contributed by atoms with van der Waals surface area (Å²) in [6.07, 6.45) is 14.4. The molecular formula is C21H36N2+2. The number of quaternary nitrogens is 2. The molecule has 128 valence electrons.